The lowest BCUT2D eigenvalue weighted by Crippen LogP contribution is -2.45. The molecule has 0 aromatic heterocycles. The van der Waals surface area contributed by atoms with Crippen molar-refractivity contribution in [2.75, 3.05) is 10.6 Å². The summed E-state index contributed by atoms with van der Waals surface area (Å²) in [6, 6.07) is 8.58. The highest BCUT2D eigenvalue weighted by Crippen LogP contribution is 2.35. The first-order valence-electron chi connectivity index (χ1n) is 7.69. The lowest BCUT2D eigenvalue weighted by molar-refractivity contribution is -0.137. The zero-order valence-corrected chi connectivity index (χ0v) is 13.9. The molecule has 136 valence electrons. The number of rotatable bonds is 2. The van der Waals surface area contributed by atoms with Gasteiger partial charge < -0.3 is 15.4 Å². The maximum Gasteiger partial charge on any atom is 0.416 e. The first-order chi connectivity index (χ1) is 12.1. The van der Waals surface area contributed by atoms with Crippen molar-refractivity contribution in [1.82, 2.24) is 0 Å². The smallest absolute Gasteiger partial charge is 0.416 e. The van der Waals surface area contributed by atoms with Crippen molar-refractivity contribution >= 4 is 23.2 Å². The van der Waals surface area contributed by atoms with Gasteiger partial charge in [-0.25, -0.2) is 0 Å². The predicted molar refractivity (Wildman–Crippen MR) is 89.2 cm³/mol. The van der Waals surface area contributed by atoms with Crippen LogP contribution < -0.4 is 15.4 Å². The number of hydrogen-bond donors (Lipinski definition) is 2. The van der Waals surface area contributed by atoms with E-state index in [1.807, 2.05) is 0 Å². The Morgan fingerprint density at radius 3 is 2.38 bits per heavy atom. The molecule has 8 heteroatoms. The zero-order valence-electron chi connectivity index (χ0n) is 13.9. The van der Waals surface area contributed by atoms with Crippen LogP contribution in [0.5, 0.6) is 5.75 Å². The van der Waals surface area contributed by atoms with Crippen molar-refractivity contribution in [3.63, 3.8) is 0 Å². The lowest BCUT2D eigenvalue weighted by Gasteiger charge is -2.31. The molecule has 2 amide bonds. The first-order valence-corrected chi connectivity index (χ1v) is 7.69. The molecule has 5 nitrogen and oxygen atoms in total. The molecular weight excluding hydrogens is 349 g/mol. The zero-order chi connectivity index (χ0) is 19.1. The molecule has 2 N–H and O–H groups in total. The summed E-state index contributed by atoms with van der Waals surface area (Å²) < 4.78 is 43.3. The van der Waals surface area contributed by atoms with Crippen LogP contribution in [-0.4, -0.2) is 17.4 Å². The maximum absolute atomic E-state index is 12.6. The van der Waals surface area contributed by atoms with Gasteiger partial charge in [-0.05, 0) is 56.3 Å². The van der Waals surface area contributed by atoms with Crippen LogP contribution in [0.2, 0.25) is 0 Å². The molecule has 0 spiro atoms. The minimum atomic E-state index is -4.46. The number of hydrogen-bond acceptors (Lipinski definition) is 3. The number of nitrogens with one attached hydrogen (secondary N) is 2. The van der Waals surface area contributed by atoms with E-state index in [0.717, 1.165) is 24.3 Å². The van der Waals surface area contributed by atoms with Gasteiger partial charge >= 0.3 is 6.18 Å². The van der Waals surface area contributed by atoms with E-state index in [0.29, 0.717) is 17.1 Å². The summed E-state index contributed by atoms with van der Waals surface area (Å²) in [5.74, 6) is -0.430. The number of fused-ring (bicyclic) bond motifs is 1. The highest BCUT2D eigenvalue weighted by molar-refractivity contribution is 6.05. The van der Waals surface area contributed by atoms with Crippen LogP contribution in [0.4, 0.5) is 24.5 Å². The average molecular weight is 364 g/mol. The van der Waals surface area contributed by atoms with Crippen molar-refractivity contribution < 1.29 is 27.5 Å². The summed E-state index contributed by atoms with van der Waals surface area (Å²) in [7, 11) is 0. The van der Waals surface area contributed by atoms with Crippen LogP contribution >= 0.6 is 0 Å². The van der Waals surface area contributed by atoms with Crippen LogP contribution in [0.15, 0.2) is 42.5 Å². The van der Waals surface area contributed by atoms with Crippen molar-refractivity contribution in [3.05, 3.63) is 53.6 Å². The van der Waals surface area contributed by atoms with E-state index in [4.69, 9.17) is 4.74 Å². The van der Waals surface area contributed by atoms with Gasteiger partial charge in [-0.3, -0.25) is 9.59 Å². The SMILES string of the molecule is CC1(C)Oc2ccc(NC(=O)c3ccc(C(F)(F)F)cc3)cc2NC1=O. The van der Waals surface area contributed by atoms with Crippen molar-refractivity contribution in [2.24, 2.45) is 0 Å². The van der Waals surface area contributed by atoms with E-state index in [1.165, 1.54) is 6.07 Å². The van der Waals surface area contributed by atoms with Crippen molar-refractivity contribution in [1.29, 1.82) is 0 Å². The standard InChI is InChI=1S/C18H15F3N2O3/c1-17(2)16(25)23-13-9-12(7-8-14(13)26-17)22-15(24)10-3-5-11(6-4-10)18(19,20)21/h3-9H,1-2H3,(H,22,24)(H,23,25). The fourth-order valence-electron chi connectivity index (χ4n) is 2.40. The molecule has 0 aliphatic carbocycles. The number of carbonyl (C=O) groups excluding carboxylic acids is 2. The van der Waals surface area contributed by atoms with Crippen LogP contribution in [-0.2, 0) is 11.0 Å². The fourth-order valence-corrected chi connectivity index (χ4v) is 2.40. The van der Waals surface area contributed by atoms with Gasteiger partial charge in [-0.15, -0.1) is 0 Å². The number of ether oxygens (including phenoxy) is 1. The Morgan fingerprint density at radius 1 is 1.12 bits per heavy atom. The Balaban J connectivity index is 1.76. The normalized spacial score (nSPS) is 15.5. The third-order valence-corrected chi connectivity index (χ3v) is 3.87. The molecule has 3 rings (SSSR count). The number of halogens is 3. The Morgan fingerprint density at radius 2 is 1.77 bits per heavy atom. The number of benzene rings is 2. The monoisotopic (exact) mass is 364 g/mol. The van der Waals surface area contributed by atoms with Crippen LogP contribution in [0, 0.1) is 0 Å². The minimum Gasteiger partial charge on any atom is -0.476 e. The molecule has 0 atom stereocenters. The van der Waals surface area contributed by atoms with Gasteiger partial charge in [0, 0.05) is 11.3 Å². The van der Waals surface area contributed by atoms with Gasteiger partial charge in [-0.1, -0.05) is 0 Å². The molecule has 1 heterocycles. The predicted octanol–water partition coefficient (Wildman–Crippen LogP) is 4.07. The van der Waals surface area contributed by atoms with E-state index in [2.05, 4.69) is 10.6 Å². The fraction of sp³-hybridized carbons (Fsp3) is 0.222. The molecule has 0 fully saturated rings. The Hall–Kier alpha value is -3.03. The summed E-state index contributed by atoms with van der Waals surface area (Å²) in [4.78, 5) is 24.1. The molecule has 1 aliphatic rings. The molecule has 0 saturated heterocycles. The molecule has 0 bridgehead atoms. The first kappa shape index (κ1) is 17.8. The van der Waals surface area contributed by atoms with E-state index in [-0.39, 0.29) is 11.5 Å². The van der Waals surface area contributed by atoms with Gasteiger partial charge in [0.2, 0.25) is 0 Å². The molecule has 26 heavy (non-hydrogen) atoms. The second-order valence-corrected chi connectivity index (χ2v) is 6.31. The van der Waals surface area contributed by atoms with E-state index in [9.17, 15) is 22.8 Å². The highest BCUT2D eigenvalue weighted by Gasteiger charge is 2.35. The van der Waals surface area contributed by atoms with Gasteiger partial charge in [0.15, 0.2) is 5.60 Å². The Kier molecular flexibility index (Phi) is 4.14. The summed E-state index contributed by atoms with van der Waals surface area (Å²) in [5.41, 5.74) is -0.975. The maximum atomic E-state index is 12.6. The van der Waals surface area contributed by atoms with E-state index < -0.39 is 23.2 Å². The summed E-state index contributed by atoms with van der Waals surface area (Å²) >= 11 is 0. The van der Waals surface area contributed by atoms with E-state index in [1.54, 1.807) is 26.0 Å². The van der Waals surface area contributed by atoms with E-state index >= 15 is 0 Å². The van der Waals surface area contributed by atoms with Gasteiger partial charge in [0.1, 0.15) is 5.75 Å². The number of amides is 2. The molecule has 2 aromatic rings. The second-order valence-electron chi connectivity index (χ2n) is 6.31. The molecule has 0 saturated carbocycles. The largest absolute Gasteiger partial charge is 0.476 e. The third-order valence-electron chi connectivity index (χ3n) is 3.87. The molecule has 2 aromatic carbocycles. The van der Waals surface area contributed by atoms with Gasteiger partial charge in [0.05, 0.1) is 11.3 Å². The molecular formula is C18H15F3N2O3. The number of alkyl halides is 3. The van der Waals surface area contributed by atoms with Gasteiger partial charge in [-0.2, -0.15) is 13.2 Å². The second kappa shape index (κ2) is 6.05. The lowest BCUT2D eigenvalue weighted by atomic mass is 10.1. The highest BCUT2D eigenvalue weighted by atomic mass is 19.4. The Bertz CT molecular complexity index is 874. The summed E-state index contributed by atoms with van der Waals surface area (Å²) in [6.45, 7) is 3.26. The quantitative estimate of drug-likeness (QED) is 0.844. The molecule has 0 radical (unpaired) electrons. The van der Waals surface area contributed by atoms with Crippen molar-refractivity contribution in [3.8, 4) is 5.75 Å². The number of carbonyl (C=O) groups is 2. The summed E-state index contributed by atoms with van der Waals surface area (Å²) in [5, 5.41) is 5.26. The summed E-state index contributed by atoms with van der Waals surface area (Å²) in [6.07, 6.45) is -4.46. The Labute approximate surface area is 147 Å². The minimum absolute atomic E-state index is 0.0807. The van der Waals surface area contributed by atoms with Crippen LogP contribution in [0.1, 0.15) is 29.8 Å². The van der Waals surface area contributed by atoms with Crippen molar-refractivity contribution in [2.45, 2.75) is 25.6 Å². The average Bonchev–Trinajstić information content (AvgIpc) is 2.55. The van der Waals surface area contributed by atoms with Gasteiger partial charge in [0.25, 0.3) is 11.8 Å². The third kappa shape index (κ3) is 3.49. The van der Waals surface area contributed by atoms with Crippen LogP contribution in [0.3, 0.4) is 0 Å². The molecule has 0 unspecified atom stereocenters. The molecule has 1 aliphatic heterocycles. The van der Waals surface area contributed by atoms with Crippen LogP contribution in [0.25, 0.3) is 0 Å². The topological polar surface area (TPSA) is 67.4 Å². The number of anilines is 2.